The highest BCUT2D eigenvalue weighted by atomic mass is 32.2. The van der Waals surface area contributed by atoms with Gasteiger partial charge in [-0.25, -0.2) is 8.42 Å². The summed E-state index contributed by atoms with van der Waals surface area (Å²) in [6.07, 6.45) is 4.82. The molecule has 0 aromatic heterocycles. The molecule has 116 valence electrons. The van der Waals surface area contributed by atoms with E-state index >= 15 is 0 Å². The summed E-state index contributed by atoms with van der Waals surface area (Å²) >= 11 is 0. The Labute approximate surface area is 126 Å². The van der Waals surface area contributed by atoms with Crippen molar-refractivity contribution in [3.63, 3.8) is 0 Å². The minimum atomic E-state index is -3.26. The van der Waals surface area contributed by atoms with Crippen LogP contribution in [0.5, 0.6) is 0 Å². The summed E-state index contributed by atoms with van der Waals surface area (Å²) in [6, 6.07) is 8.22. The first-order valence-electron chi connectivity index (χ1n) is 7.71. The van der Waals surface area contributed by atoms with Gasteiger partial charge in [0, 0.05) is 37.1 Å². The van der Waals surface area contributed by atoms with Gasteiger partial charge in [-0.15, -0.1) is 0 Å². The van der Waals surface area contributed by atoms with Gasteiger partial charge in [0.2, 0.25) is 10.0 Å². The van der Waals surface area contributed by atoms with Gasteiger partial charge < -0.3 is 10.2 Å². The fraction of sp³-hybridized carbons (Fsp3) is 0.600. The van der Waals surface area contributed by atoms with Crippen LogP contribution in [0.15, 0.2) is 24.3 Å². The summed E-state index contributed by atoms with van der Waals surface area (Å²) in [5.74, 6) is 0.122. The Morgan fingerprint density at radius 3 is 2.38 bits per heavy atom. The summed E-state index contributed by atoms with van der Waals surface area (Å²) in [4.78, 5) is 2.33. The standard InChI is InChI=1S/C15H23N3O2S/c19-21(20,12-9-16-13-3-4-13)17-14-5-7-15(8-6-14)18-10-1-2-11-18/h5-8,13,16-17H,1-4,9-12H2. The molecular formula is C15H23N3O2S. The molecular weight excluding hydrogens is 286 g/mol. The predicted octanol–water partition coefficient (Wildman–Crippen LogP) is 1.78. The lowest BCUT2D eigenvalue weighted by Crippen LogP contribution is -2.28. The molecule has 1 aromatic rings. The molecule has 1 aromatic carbocycles. The number of hydrogen-bond donors (Lipinski definition) is 2. The van der Waals surface area contributed by atoms with E-state index in [9.17, 15) is 8.42 Å². The third kappa shape index (κ3) is 4.35. The van der Waals surface area contributed by atoms with Crippen LogP contribution in [0.4, 0.5) is 11.4 Å². The van der Waals surface area contributed by atoms with Crippen LogP contribution >= 0.6 is 0 Å². The molecule has 1 aliphatic carbocycles. The molecule has 0 spiro atoms. The van der Waals surface area contributed by atoms with Crippen molar-refractivity contribution in [3.05, 3.63) is 24.3 Å². The normalized spacial score (nSPS) is 19.0. The molecule has 3 rings (SSSR count). The number of benzene rings is 1. The van der Waals surface area contributed by atoms with Crippen molar-refractivity contribution in [2.75, 3.05) is 35.0 Å². The Kier molecular flexibility index (Phi) is 4.35. The van der Waals surface area contributed by atoms with Crippen LogP contribution < -0.4 is 14.9 Å². The second kappa shape index (κ2) is 6.23. The lowest BCUT2D eigenvalue weighted by atomic mass is 10.2. The average Bonchev–Trinajstić information content (AvgIpc) is 3.11. The van der Waals surface area contributed by atoms with E-state index in [1.54, 1.807) is 0 Å². The zero-order chi connectivity index (χ0) is 14.7. The van der Waals surface area contributed by atoms with E-state index in [4.69, 9.17) is 0 Å². The van der Waals surface area contributed by atoms with E-state index in [1.807, 2.05) is 24.3 Å². The van der Waals surface area contributed by atoms with Crippen molar-refractivity contribution in [1.29, 1.82) is 0 Å². The maximum absolute atomic E-state index is 12.0. The quantitative estimate of drug-likeness (QED) is 0.806. The first-order valence-corrected chi connectivity index (χ1v) is 9.36. The molecule has 21 heavy (non-hydrogen) atoms. The molecule has 0 unspecified atom stereocenters. The van der Waals surface area contributed by atoms with Crippen LogP contribution in [0.2, 0.25) is 0 Å². The number of rotatable bonds is 7. The molecule has 1 saturated heterocycles. The van der Waals surface area contributed by atoms with E-state index in [2.05, 4.69) is 14.9 Å². The number of nitrogens with zero attached hydrogens (tertiary/aromatic N) is 1. The predicted molar refractivity (Wildman–Crippen MR) is 86.3 cm³/mol. The molecule has 0 radical (unpaired) electrons. The molecule has 0 amide bonds. The van der Waals surface area contributed by atoms with Crippen LogP contribution in [0.3, 0.4) is 0 Å². The van der Waals surface area contributed by atoms with Gasteiger partial charge in [-0.05, 0) is 49.9 Å². The largest absolute Gasteiger partial charge is 0.372 e. The second-order valence-corrected chi connectivity index (χ2v) is 7.73. The van der Waals surface area contributed by atoms with Gasteiger partial charge in [0.05, 0.1) is 5.75 Å². The van der Waals surface area contributed by atoms with E-state index in [0.717, 1.165) is 13.1 Å². The van der Waals surface area contributed by atoms with Gasteiger partial charge >= 0.3 is 0 Å². The summed E-state index contributed by atoms with van der Waals surface area (Å²) in [5.41, 5.74) is 1.82. The second-order valence-electron chi connectivity index (χ2n) is 5.89. The zero-order valence-corrected chi connectivity index (χ0v) is 13.0. The van der Waals surface area contributed by atoms with Crippen LogP contribution in [-0.4, -0.2) is 39.8 Å². The highest BCUT2D eigenvalue weighted by Crippen LogP contribution is 2.22. The lowest BCUT2D eigenvalue weighted by molar-refractivity contribution is 0.595. The van der Waals surface area contributed by atoms with Crippen molar-refractivity contribution in [2.45, 2.75) is 31.7 Å². The first kappa shape index (κ1) is 14.7. The van der Waals surface area contributed by atoms with Crippen molar-refractivity contribution in [2.24, 2.45) is 0 Å². The monoisotopic (exact) mass is 309 g/mol. The Bertz CT molecular complexity index is 561. The first-order chi connectivity index (χ1) is 10.1. The summed E-state index contributed by atoms with van der Waals surface area (Å²) in [5, 5.41) is 3.22. The van der Waals surface area contributed by atoms with Gasteiger partial charge in [0.15, 0.2) is 0 Å². The maximum atomic E-state index is 12.0. The number of sulfonamides is 1. The minimum Gasteiger partial charge on any atom is -0.372 e. The lowest BCUT2D eigenvalue weighted by Gasteiger charge is -2.18. The Morgan fingerprint density at radius 1 is 1.10 bits per heavy atom. The highest BCUT2D eigenvalue weighted by molar-refractivity contribution is 7.92. The molecule has 0 atom stereocenters. The topological polar surface area (TPSA) is 61.4 Å². The molecule has 0 bridgehead atoms. The van der Waals surface area contributed by atoms with Crippen molar-refractivity contribution >= 4 is 21.4 Å². The van der Waals surface area contributed by atoms with Crippen LogP contribution in [0.1, 0.15) is 25.7 Å². The number of nitrogens with one attached hydrogen (secondary N) is 2. The minimum absolute atomic E-state index is 0.122. The molecule has 1 heterocycles. The van der Waals surface area contributed by atoms with Crippen molar-refractivity contribution in [1.82, 2.24) is 5.32 Å². The smallest absolute Gasteiger partial charge is 0.233 e. The molecule has 1 aliphatic heterocycles. The fourth-order valence-corrected chi connectivity index (χ4v) is 3.61. The van der Waals surface area contributed by atoms with Gasteiger partial charge in [-0.1, -0.05) is 0 Å². The molecule has 2 N–H and O–H groups in total. The fourth-order valence-electron chi connectivity index (χ4n) is 2.63. The average molecular weight is 309 g/mol. The highest BCUT2D eigenvalue weighted by Gasteiger charge is 2.21. The van der Waals surface area contributed by atoms with Crippen LogP contribution in [0, 0.1) is 0 Å². The van der Waals surface area contributed by atoms with Crippen molar-refractivity contribution < 1.29 is 8.42 Å². The zero-order valence-electron chi connectivity index (χ0n) is 12.2. The van der Waals surface area contributed by atoms with Gasteiger partial charge in [0.1, 0.15) is 0 Å². The van der Waals surface area contributed by atoms with Crippen LogP contribution in [-0.2, 0) is 10.0 Å². The van der Waals surface area contributed by atoms with E-state index in [0.29, 0.717) is 18.3 Å². The molecule has 2 fully saturated rings. The summed E-state index contributed by atoms with van der Waals surface area (Å²) in [6.45, 7) is 2.71. The van der Waals surface area contributed by atoms with Crippen LogP contribution in [0.25, 0.3) is 0 Å². The number of anilines is 2. The van der Waals surface area contributed by atoms with E-state index in [1.165, 1.54) is 31.4 Å². The maximum Gasteiger partial charge on any atom is 0.233 e. The molecule has 5 nitrogen and oxygen atoms in total. The van der Waals surface area contributed by atoms with E-state index < -0.39 is 10.0 Å². The Balaban J connectivity index is 1.53. The Morgan fingerprint density at radius 2 is 1.76 bits per heavy atom. The SMILES string of the molecule is O=S(=O)(CCNC1CC1)Nc1ccc(N2CCCC2)cc1. The number of hydrogen-bond acceptors (Lipinski definition) is 4. The van der Waals surface area contributed by atoms with Crippen molar-refractivity contribution in [3.8, 4) is 0 Å². The third-order valence-electron chi connectivity index (χ3n) is 3.99. The third-order valence-corrected chi connectivity index (χ3v) is 5.28. The molecule has 2 aliphatic rings. The molecule has 6 heteroatoms. The summed E-state index contributed by atoms with van der Waals surface area (Å²) in [7, 11) is -3.26. The van der Waals surface area contributed by atoms with Gasteiger partial charge in [-0.3, -0.25) is 4.72 Å². The Hall–Kier alpha value is -1.27. The molecule has 1 saturated carbocycles. The van der Waals surface area contributed by atoms with E-state index in [-0.39, 0.29) is 5.75 Å². The van der Waals surface area contributed by atoms with Gasteiger partial charge in [-0.2, -0.15) is 0 Å². The summed E-state index contributed by atoms with van der Waals surface area (Å²) < 4.78 is 26.6. The van der Waals surface area contributed by atoms with Gasteiger partial charge in [0.25, 0.3) is 0 Å².